The number of rotatable bonds is 9. The number of oxazole rings is 1. The molecule has 1 aromatic heterocycles. The number of benzene rings is 2. The summed E-state index contributed by atoms with van der Waals surface area (Å²) in [6.45, 7) is -0.0691. The Kier molecular flexibility index (Phi) is 8.90. The van der Waals surface area contributed by atoms with Crippen molar-refractivity contribution in [3.8, 4) is 11.5 Å². The number of aliphatic carboxylic acids is 1. The largest absolute Gasteiger partial charge is 0.481 e. The van der Waals surface area contributed by atoms with E-state index in [-0.39, 0.29) is 31.2 Å². The van der Waals surface area contributed by atoms with Crippen LogP contribution in [0.25, 0.3) is 11.5 Å². The maximum absolute atomic E-state index is 14.0. The number of carboxylic acid groups (broad SMARTS) is 1. The van der Waals surface area contributed by atoms with Gasteiger partial charge in [-0.3, -0.25) is 14.4 Å². The molecule has 2 amide bonds. The molecule has 1 aliphatic carbocycles. The lowest BCUT2D eigenvalue weighted by Gasteiger charge is -2.28. The molecule has 0 unspecified atom stereocenters. The van der Waals surface area contributed by atoms with Crippen LogP contribution in [-0.2, 0) is 9.59 Å². The second-order valence-electron chi connectivity index (χ2n) is 9.38. The van der Waals surface area contributed by atoms with Gasteiger partial charge in [-0.15, -0.1) is 0 Å². The zero-order valence-electron chi connectivity index (χ0n) is 20.6. The number of anilines is 1. The third-order valence-corrected chi connectivity index (χ3v) is 6.91. The molecule has 0 atom stereocenters. The summed E-state index contributed by atoms with van der Waals surface area (Å²) in [5, 5.41) is 13.7. The predicted molar refractivity (Wildman–Crippen MR) is 136 cm³/mol. The molecule has 3 aromatic rings. The summed E-state index contributed by atoms with van der Waals surface area (Å²) in [7, 11) is 0. The van der Waals surface area contributed by atoms with Crippen molar-refractivity contribution in [2.24, 2.45) is 5.92 Å². The normalized spacial score (nSPS) is 17.0. The van der Waals surface area contributed by atoms with Crippen molar-refractivity contribution in [2.45, 2.75) is 44.4 Å². The molecule has 0 spiro atoms. The van der Waals surface area contributed by atoms with Gasteiger partial charge in [-0.2, -0.15) is 0 Å². The van der Waals surface area contributed by atoms with Gasteiger partial charge in [0, 0.05) is 31.1 Å². The molecule has 12 heteroatoms. The molecule has 1 heterocycles. The van der Waals surface area contributed by atoms with E-state index in [9.17, 15) is 27.6 Å². The van der Waals surface area contributed by atoms with Crippen LogP contribution in [0.3, 0.4) is 0 Å². The van der Waals surface area contributed by atoms with Gasteiger partial charge in [-0.25, -0.2) is 18.2 Å². The van der Waals surface area contributed by atoms with Gasteiger partial charge < -0.3 is 20.2 Å². The monoisotopic (exact) mass is 563 g/mol. The van der Waals surface area contributed by atoms with Crippen molar-refractivity contribution >= 4 is 35.1 Å². The molecule has 206 valence electrons. The summed E-state index contributed by atoms with van der Waals surface area (Å²) >= 11 is 5.87. The number of amides is 2. The number of aromatic nitrogens is 1. The van der Waals surface area contributed by atoms with Gasteiger partial charge in [0.05, 0.1) is 5.56 Å². The standard InChI is InChI=1S/C27H25ClF3N3O5/c28-25-24(34-27(39-25)18-12-20(30)21(31)13-19(18)29)26(38)32-10-9-22(35)33-17-7-5-16(6-8-17)15-3-1-14(2-4-15)11-23(36)37/h5-8,12-15H,1-4,9-11H2,(H,32,38)(H,33,35)(H,36,37). The van der Waals surface area contributed by atoms with Crippen molar-refractivity contribution < 1.29 is 37.1 Å². The van der Waals surface area contributed by atoms with E-state index in [4.69, 9.17) is 21.1 Å². The molecule has 2 aromatic carbocycles. The fourth-order valence-electron chi connectivity index (χ4n) is 4.63. The molecule has 3 N–H and O–H groups in total. The van der Waals surface area contributed by atoms with Gasteiger partial charge in [-0.1, -0.05) is 12.1 Å². The lowest BCUT2D eigenvalue weighted by molar-refractivity contribution is -0.138. The first-order valence-corrected chi connectivity index (χ1v) is 12.7. The van der Waals surface area contributed by atoms with Crippen molar-refractivity contribution in [1.82, 2.24) is 10.3 Å². The first-order chi connectivity index (χ1) is 18.6. The summed E-state index contributed by atoms with van der Waals surface area (Å²) in [5.74, 6) is -5.69. The van der Waals surface area contributed by atoms with Crippen LogP contribution in [-0.4, -0.2) is 34.4 Å². The van der Waals surface area contributed by atoms with Crippen molar-refractivity contribution in [1.29, 1.82) is 0 Å². The average molecular weight is 564 g/mol. The maximum atomic E-state index is 14.0. The van der Waals surface area contributed by atoms with Crippen molar-refractivity contribution in [2.75, 3.05) is 11.9 Å². The van der Waals surface area contributed by atoms with E-state index in [1.807, 2.05) is 12.1 Å². The molecule has 1 aliphatic rings. The van der Waals surface area contributed by atoms with Crippen molar-refractivity contribution in [3.63, 3.8) is 0 Å². The van der Waals surface area contributed by atoms with Gasteiger partial charge in [0.15, 0.2) is 17.3 Å². The van der Waals surface area contributed by atoms with Gasteiger partial charge in [0.1, 0.15) is 5.82 Å². The maximum Gasteiger partial charge on any atom is 0.303 e. The molecule has 0 saturated heterocycles. The number of carbonyl (C=O) groups excluding carboxylic acids is 2. The Labute approximate surface area is 226 Å². The summed E-state index contributed by atoms with van der Waals surface area (Å²) in [6.07, 6.45) is 3.75. The Morgan fingerprint density at radius 3 is 2.33 bits per heavy atom. The number of nitrogens with zero attached hydrogens (tertiary/aromatic N) is 1. The topological polar surface area (TPSA) is 122 Å². The average Bonchev–Trinajstić information content (AvgIpc) is 3.28. The fraction of sp³-hybridized carbons (Fsp3) is 0.333. The molecule has 0 bridgehead atoms. The molecule has 8 nitrogen and oxygen atoms in total. The van der Waals surface area contributed by atoms with Gasteiger partial charge >= 0.3 is 5.97 Å². The van der Waals surface area contributed by atoms with E-state index in [0.29, 0.717) is 23.7 Å². The molecule has 1 saturated carbocycles. The van der Waals surface area contributed by atoms with Crippen molar-refractivity contribution in [3.05, 3.63) is 70.3 Å². The van der Waals surface area contributed by atoms with Crippen LogP contribution in [0.5, 0.6) is 0 Å². The Balaban J connectivity index is 1.25. The van der Waals surface area contributed by atoms with E-state index >= 15 is 0 Å². The number of hydrogen-bond acceptors (Lipinski definition) is 5. The Hall–Kier alpha value is -3.86. The van der Waals surface area contributed by atoms with Gasteiger partial charge in [0.2, 0.25) is 17.0 Å². The second-order valence-corrected chi connectivity index (χ2v) is 9.72. The zero-order chi connectivity index (χ0) is 28.1. The first-order valence-electron chi connectivity index (χ1n) is 12.3. The Morgan fingerprint density at radius 1 is 1.00 bits per heavy atom. The Morgan fingerprint density at radius 2 is 1.67 bits per heavy atom. The highest BCUT2D eigenvalue weighted by Crippen LogP contribution is 2.37. The van der Waals surface area contributed by atoms with Gasteiger partial charge in [-0.05, 0) is 72.9 Å². The van der Waals surface area contributed by atoms with Crippen LogP contribution in [0.1, 0.15) is 60.5 Å². The molecule has 4 rings (SSSR count). The minimum Gasteiger partial charge on any atom is -0.481 e. The minimum atomic E-state index is -1.39. The highest BCUT2D eigenvalue weighted by atomic mass is 35.5. The first kappa shape index (κ1) is 28.2. The van der Waals surface area contributed by atoms with Crippen LogP contribution in [0, 0.1) is 23.4 Å². The van der Waals surface area contributed by atoms with Crippen LogP contribution in [0.2, 0.25) is 5.22 Å². The van der Waals surface area contributed by atoms with E-state index in [2.05, 4.69) is 15.6 Å². The lowest BCUT2D eigenvalue weighted by Crippen LogP contribution is -2.28. The lowest BCUT2D eigenvalue weighted by atomic mass is 9.77. The zero-order valence-corrected chi connectivity index (χ0v) is 21.4. The fourth-order valence-corrected chi connectivity index (χ4v) is 4.83. The van der Waals surface area contributed by atoms with Crippen LogP contribution in [0.15, 0.2) is 40.8 Å². The third kappa shape index (κ3) is 7.17. The van der Waals surface area contributed by atoms with E-state index in [0.717, 1.165) is 31.2 Å². The molecular weight excluding hydrogens is 539 g/mol. The van der Waals surface area contributed by atoms with Crippen LogP contribution >= 0.6 is 11.6 Å². The molecule has 39 heavy (non-hydrogen) atoms. The number of halogens is 4. The molecule has 0 aliphatic heterocycles. The predicted octanol–water partition coefficient (Wildman–Crippen LogP) is 5.92. The number of carbonyl (C=O) groups is 3. The Bertz CT molecular complexity index is 1370. The molecule has 0 radical (unpaired) electrons. The third-order valence-electron chi connectivity index (χ3n) is 6.65. The minimum absolute atomic E-state index is 0.0682. The number of nitrogens with one attached hydrogen (secondary N) is 2. The smallest absolute Gasteiger partial charge is 0.303 e. The summed E-state index contributed by atoms with van der Waals surface area (Å²) in [5.41, 5.74) is 0.823. The van der Waals surface area contributed by atoms with Crippen LogP contribution in [0.4, 0.5) is 18.9 Å². The van der Waals surface area contributed by atoms with E-state index in [1.165, 1.54) is 0 Å². The highest BCUT2D eigenvalue weighted by Gasteiger charge is 2.25. The highest BCUT2D eigenvalue weighted by molar-refractivity contribution is 6.31. The second kappa shape index (κ2) is 12.3. The summed E-state index contributed by atoms with van der Waals surface area (Å²) in [4.78, 5) is 39.4. The summed E-state index contributed by atoms with van der Waals surface area (Å²) in [6, 6.07) is 8.34. The SMILES string of the molecule is O=C(O)CC1CCC(c2ccc(NC(=O)CCNC(=O)c3nc(-c4cc(F)c(F)cc4F)oc3Cl)cc2)CC1. The summed E-state index contributed by atoms with van der Waals surface area (Å²) < 4.78 is 45.7. The van der Waals surface area contributed by atoms with E-state index < -0.39 is 51.7 Å². The quantitative estimate of drug-likeness (QED) is 0.278. The number of hydrogen-bond donors (Lipinski definition) is 3. The molecule has 1 fully saturated rings. The number of carboxylic acids is 1. The van der Waals surface area contributed by atoms with Gasteiger partial charge in [0.25, 0.3) is 5.91 Å². The molecular formula is C27H25ClF3N3O5. The van der Waals surface area contributed by atoms with Crippen LogP contribution < -0.4 is 10.6 Å². The van der Waals surface area contributed by atoms with E-state index in [1.54, 1.807) is 12.1 Å².